The van der Waals surface area contributed by atoms with Crippen molar-refractivity contribution in [1.82, 2.24) is 63.8 Å². The third-order valence-corrected chi connectivity index (χ3v) is 15.6. The molecule has 0 saturated heterocycles. The lowest BCUT2D eigenvalue weighted by Gasteiger charge is -2.29. The summed E-state index contributed by atoms with van der Waals surface area (Å²) in [6, 6.07) is -13.7. The second kappa shape index (κ2) is 46.8. The minimum atomic E-state index is -2.08. The van der Waals surface area contributed by atoms with E-state index in [0.717, 1.165) is 6.92 Å². The summed E-state index contributed by atoms with van der Waals surface area (Å²) in [6.45, 7) is 6.10. The number of quaternary nitrogens is 2. The predicted molar refractivity (Wildman–Crippen MR) is 362 cm³/mol. The topological polar surface area (TPSA) is 741 Å². The number of aliphatic carboxylic acids is 1. The molecule has 0 unspecified atom stereocenters. The number of unbranched alkanes of at least 4 members (excludes halogenated alkanes) is 1. The SMILES string of the molecule is CC[C@H](C)[C@H](NC(=O)[C@H](CO)NC(=O)[C@@H](NC(=O)[C@H](CC(N)=O)NC(=O)[C@H](CO)NC(=O)[C@@H](NC(=O)CNC(=O)[C@H](Cc1ccc(O)cc1)NC(=O)[C@H](CCC[NH+]=C(N)N)NC(=O)[C@H](C)[NH3+])C(C)C)[C@@H](C)O)C(=O)N[C@@H](CC(N)=O)C(=O)N[C@@H](CCC[NH+]=C(N)N)C(=O)N[C@@H](CCCC[NH3+])C(=O)O. The molecule has 1 aromatic rings. The lowest BCUT2D eigenvalue weighted by Crippen LogP contribution is -2.78. The quantitative estimate of drug-likeness (QED) is 0.0164. The molecule has 0 spiro atoms. The van der Waals surface area contributed by atoms with Crippen LogP contribution in [0.2, 0.25) is 0 Å². The number of hydrogen-bond acceptors (Lipinski definition) is 19. The average Bonchev–Trinajstić information content (AvgIpc) is 0.858. The highest BCUT2D eigenvalue weighted by Crippen LogP contribution is 2.14. The van der Waals surface area contributed by atoms with E-state index in [2.05, 4.69) is 85.3 Å². The van der Waals surface area contributed by atoms with Crippen LogP contribution in [-0.2, 0) is 78.3 Å². The molecule has 42 nitrogen and oxygen atoms in total. The van der Waals surface area contributed by atoms with E-state index in [1.807, 2.05) is 0 Å². The van der Waals surface area contributed by atoms with E-state index in [1.54, 1.807) is 6.92 Å². The second-order valence-electron chi connectivity index (χ2n) is 24.8. The van der Waals surface area contributed by atoms with Crippen LogP contribution in [0.4, 0.5) is 0 Å². The Balaban J connectivity index is 3.37. The Labute approximate surface area is 593 Å². The van der Waals surface area contributed by atoms with Gasteiger partial charge in [-0.1, -0.05) is 46.2 Å². The highest BCUT2D eigenvalue weighted by Gasteiger charge is 2.39. The van der Waals surface area contributed by atoms with Gasteiger partial charge in [-0.25, -0.2) is 4.79 Å². The molecule has 0 aliphatic heterocycles. The van der Waals surface area contributed by atoms with Crippen LogP contribution in [-0.4, -0.2) is 244 Å². The molecule has 0 aromatic heterocycles. The number of carbonyl (C=O) groups excluding carboxylic acids is 14. The summed E-state index contributed by atoms with van der Waals surface area (Å²) in [5, 5.41) is 79.1. The molecule has 0 saturated carbocycles. The van der Waals surface area contributed by atoms with Gasteiger partial charge < -0.3 is 112 Å². The zero-order valence-corrected chi connectivity index (χ0v) is 58.7. The number of nitrogens with two attached hydrogens (primary N) is 6. The zero-order valence-electron chi connectivity index (χ0n) is 58.7. The van der Waals surface area contributed by atoms with Crippen molar-refractivity contribution in [3.05, 3.63) is 29.8 Å². The largest absolute Gasteiger partial charge is 0.508 e. The first kappa shape index (κ1) is 90.4. The maximum absolute atomic E-state index is 14.1. The highest BCUT2D eigenvalue weighted by molar-refractivity contribution is 6.01. The minimum absolute atomic E-state index is 0.0158. The van der Waals surface area contributed by atoms with Crippen LogP contribution in [0, 0.1) is 11.8 Å². The predicted octanol–water partition coefficient (Wildman–Crippen LogP) is -16.4. The number of rotatable bonds is 49. The maximum Gasteiger partial charge on any atom is 0.338 e. The molecular formula is C61H108N22O20+4. The van der Waals surface area contributed by atoms with Crippen LogP contribution in [0.5, 0.6) is 5.75 Å². The van der Waals surface area contributed by atoms with Crippen molar-refractivity contribution in [3.63, 3.8) is 0 Å². The zero-order chi connectivity index (χ0) is 78.4. The van der Waals surface area contributed by atoms with Gasteiger partial charge in [0.05, 0.1) is 58.3 Å². The number of aliphatic hydroxyl groups excluding tert-OH is 3. The lowest BCUT2D eigenvalue weighted by atomic mass is 9.97. The monoisotopic (exact) mass is 1470 g/mol. The summed E-state index contributed by atoms with van der Waals surface area (Å²) >= 11 is 0. The molecule has 1 rings (SSSR count). The van der Waals surface area contributed by atoms with Gasteiger partial charge in [0.1, 0.15) is 72.2 Å². The van der Waals surface area contributed by atoms with Gasteiger partial charge in [0.2, 0.25) is 76.8 Å². The van der Waals surface area contributed by atoms with Crippen LogP contribution in [0.15, 0.2) is 24.3 Å². The van der Waals surface area contributed by atoms with Crippen molar-refractivity contribution in [3.8, 4) is 5.75 Å². The molecule has 14 amide bonds. The molecule has 42 heteroatoms. The smallest absolute Gasteiger partial charge is 0.338 e. The summed E-state index contributed by atoms with van der Waals surface area (Å²) in [6.07, 6.45) is -2.60. The fraction of sp³-hybridized carbons (Fsp3) is 0.623. The van der Waals surface area contributed by atoms with Crippen molar-refractivity contribution in [2.45, 2.75) is 191 Å². The Hall–Kier alpha value is -10.6. The molecule has 1 aromatic carbocycles. The molecule has 0 aliphatic rings. The molecule has 14 atom stereocenters. The van der Waals surface area contributed by atoms with Crippen LogP contribution >= 0.6 is 0 Å². The number of carboxylic acid groups (broad SMARTS) is 1. The number of nitrogens with one attached hydrogen (secondary N) is 14. The summed E-state index contributed by atoms with van der Waals surface area (Å²) in [5.74, 6) is -18.6. The standard InChI is InChI=1S/C61H104N22O20/c1-7-29(4)46(57(100)78-38(23-42(64)88)52(95)74-35(14-11-21-71-61(68)69)50(93)75-36(59(102)103)12-8-9-19-62)82-55(98)41(27-85)80-58(101)47(31(6)86)83-53(96)39(24-43(65)89)77-54(97)40(26-84)79-56(99)45(28(2)3)81-44(90)25-72-49(92)37(22-32-15-17-33(87)18-16-32)76-51(94)34(73-48(91)30(5)63)13-10-20-70-60(66)67/h15-18,28-31,34-41,45-47,84-87H,7-14,19-27,62-63H2,1-6H3,(H2,64,88)(H2,65,89)(H,72,92)(H,73,91)(H,74,95)(H,75,93)(H,76,94)(H,77,97)(H,78,100)(H,79,99)(H,80,101)(H,81,90)(H,82,98)(H,83,96)(H,102,103)(H4,66,67,70)(H4,68,69,71)/p+4/t29-,30-,31+,34-,35-,36-,37-,38-,39-,40-,41-,45-,46-,47-/m0/s1. The van der Waals surface area contributed by atoms with E-state index in [4.69, 9.17) is 34.4 Å². The first-order valence-corrected chi connectivity index (χ1v) is 33.2. The number of carboxylic acids is 1. The van der Waals surface area contributed by atoms with E-state index < -0.39 is 212 Å². The Morgan fingerprint density at radius 3 is 1.29 bits per heavy atom. The van der Waals surface area contributed by atoms with Gasteiger partial charge in [-0.2, -0.15) is 0 Å². The lowest BCUT2D eigenvalue weighted by molar-refractivity contribution is -0.460. The molecule has 0 radical (unpaired) electrons. The number of aromatic hydroxyl groups is 1. The van der Waals surface area contributed by atoms with Gasteiger partial charge in [0.25, 0.3) is 5.91 Å². The Kier molecular flexibility index (Phi) is 41.0. The molecule has 0 fully saturated rings. The van der Waals surface area contributed by atoms with Crippen molar-refractivity contribution in [1.29, 1.82) is 0 Å². The number of primary amides is 2. The van der Waals surface area contributed by atoms with Crippen LogP contribution in [0.3, 0.4) is 0 Å². The number of phenolic OH excluding ortho intramolecular Hbond substituents is 1. The van der Waals surface area contributed by atoms with Crippen molar-refractivity contribution >= 4 is 101 Å². The van der Waals surface area contributed by atoms with Gasteiger partial charge in [-0.15, -0.1) is 0 Å². The van der Waals surface area contributed by atoms with Crippen LogP contribution < -0.4 is 120 Å². The normalized spacial score (nSPS) is 15.1. The van der Waals surface area contributed by atoms with Crippen molar-refractivity contribution in [2.24, 2.45) is 46.2 Å². The maximum atomic E-state index is 14.1. The summed E-state index contributed by atoms with van der Waals surface area (Å²) < 4.78 is 0. The number of phenols is 1. The van der Waals surface area contributed by atoms with E-state index in [9.17, 15) is 97.5 Å². The van der Waals surface area contributed by atoms with Gasteiger partial charge >= 0.3 is 17.9 Å². The third-order valence-electron chi connectivity index (χ3n) is 15.6. The fourth-order valence-electron chi connectivity index (χ4n) is 9.54. The minimum Gasteiger partial charge on any atom is -0.508 e. The number of benzene rings is 1. The highest BCUT2D eigenvalue weighted by atomic mass is 16.4. The van der Waals surface area contributed by atoms with Crippen molar-refractivity contribution in [2.75, 3.05) is 39.4 Å². The van der Waals surface area contributed by atoms with Gasteiger partial charge in [0.15, 0.2) is 6.04 Å². The summed E-state index contributed by atoms with van der Waals surface area (Å²) in [5.41, 5.74) is 40.5. The van der Waals surface area contributed by atoms with E-state index in [-0.39, 0.29) is 75.7 Å². The summed E-state index contributed by atoms with van der Waals surface area (Å²) in [4.78, 5) is 206. The van der Waals surface area contributed by atoms with Crippen LogP contribution in [0.1, 0.15) is 111 Å². The third kappa shape index (κ3) is 34.6. The number of aliphatic hydroxyl groups is 3. The molecule has 103 heavy (non-hydrogen) atoms. The van der Waals surface area contributed by atoms with E-state index in [1.165, 1.54) is 52.0 Å². The van der Waals surface area contributed by atoms with Gasteiger partial charge in [-0.3, -0.25) is 100 Å². The Morgan fingerprint density at radius 1 is 0.466 bits per heavy atom. The van der Waals surface area contributed by atoms with Crippen LogP contribution in [0.25, 0.3) is 0 Å². The number of hydrogen-bond donors (Lipinski definition) is 27. The van der Waals surface area contributed by atoms with Gasteiger partial charge in [-0.05, 0) is 88.3 Å². The van der Waals surface area contributed by atoms with Gasteiger partial charge in [0, 0.05) is 6.42 Å². The first-order chi connectivity index (χ1) is 48.3. The molecule has 0 heterocycles. The molecule has 0 bridgehead atoms. The molecule has 0 aliphatic carbocycles. The molecule has 578 valence electrons. The number of carbonyl (C=O) groups is 15. The number of guanidine groups is 2. The van der Waals surface area contributed by atoms with E-state index >= 15 is 0 Å². The summed E-state index contributed by atoms with van der Waals surface area (Å²) in [7, 11) is 0. The number of amides is 14. The van der Waals surface area contributed by atoms with E-state index in [0.29, 0.717) is 24.9 Å². The average molecular weight is 1470 g/mol. The second-order valence-corrected chi connectivity index (χ2v) is 24.8. The fourth-order valence-corrected chi connectivity index (χ4v) is 9.54. The molecule has 37 N–H and O–H groups in total. The first-order valence-electron chi connectivity index (χ1n) is 33.2. The molecular weight excluding hydrogens is 1360 g/mol. The van der Waals surface area contributed by atoms with Crippen molar-refractivity contribution < 1.29 is 119 Å². The Bertz CT molecular complexity index is 3110. The Morgan fingerprint density at radius 2 is 0.854 bits per heavy atom.